The summed E-state index contributed by atoms with van der Waals surface area (Å²) < 4.78 is 0. The van der Waals surface area contributed by atoms with Gasteiger partial charge in [0.15, 0.2) is 11.6 Å². The number of benzene rings is 2. The molecule has 124 valence electrons. The minimum atomic E-state index is -0.213. The first kappa shape index (κ1) is 17.3. The Morgan fingerprint density at radius 3 is 2.29 bits per heavy atom. The third-order valence-corrected chi connectivity index (χ3v) is 3.91. The van der Waals surface area contributed by atoms with Gasteiger partial charge in [-0.3, -0.25) is 9.59 Å². The highest BCUT2D eigenvalue weighted by atomic mass is 16.5. The van der Waals surface area contributed by atoms with E-state index in [1.807, 2.05) is 0 Å². The Kier molecular flexibility index (Phi) is 4.78. The van der Waals surface area contributed by atoms with Crippen LogP contribution in [0.15, 0.2) is 35.4 Å². The molecule has 0 unspecified atom stereocenters. The molecular formula is C18H19N3O3. The van der Waals surface area contributed by atoms with E-state index in [0.717, 1.165) is 0 Å². The van der Waals surface area contributed by atoms with Crippen molar-refractivity contribution in [3.63, 3.8) is 0 Å². The number of ketones is 2. The van der Waals surface area contributed by atoms with E-state index in [4.69, 9.17) is 5.73 Å². The lowest BCUT2D eigenvalue weighted by atomic mass is 10.0. The highest BCUT2D eigenvalue weighted by Gasteiger charge is 2.18. The minimum Gasteiger partial charge on any atom is -0.594 e. The largest absolute Gasteiger partial charge is 0.594 e. The highest BCUT2D eigenvalue weighted by Crippen LogP contribution is 2.29. The topological polar surface area (TPSA) is 98.6 Å². The molecule has 24 heavy (non-hydrogen) atoms. The third-order valence-electron chi connectivity index (χ3n) is 3.91. The van der Waals surface area contributed by atoms with Gasteiger partial charge >= 0.3 is 0 Å². The molecule has 0 atom stereocenters. The van der Waals surface area contributed by atoms with Gasteiger partial charge < -0.3 is 10.9 Å². The molecule has 0 aromatic heterocycles. The molecule has 0 aliphatic carbocycles. The fourth-order valence-corrected chi connectivity index (χ4v) is 2.66. The number of nitrogens with two attached hydrogens (primary N) is 1. The number of azo groups is 1. The number of anilines is 1. The number of nitrogens with zero attached hydrogens (tertiary/aromatic N) is 2. The van der Waals surface area contributed by atoms with E-state index in [-0.39, 0.29) is 17.3 Å². The van der Waals surface area contributed by atoms with E-state index >= 15 is 0 Å². The van der Waals surface area contributed by atoms with Crippen LogP contribution < -0.4 is 5.73 Å². The quantitative estimate of drug-likeness (QED) is 0.299. The van der Waals surface area contributed by atoms with Crippen LogP contribution in [0.4, 0.5) is 17.1 Å². The van der Waals surface area contributed by atoms with Crippen LogP contribution in [0.25, 0.3) is 0 Å². The second kappa shape index (κ2) is 6.62. The van der Waals surface area contributed by atoms with E-state index in [9.17, 15) is 14.8 Å². The molecule has 0 heterocycles. The van der Waals surface area contributed by atoms with Crippen LogP contribution in [0.3, 0.4) is 0 Å². The molecule has 2 N–H and O–H groups in total. The van der Waals surface area contributed by atoms with Gasteiger partial charge in [-0.2, -0.15) is 0 Å². The summed E-state index contributed by atoms with van der Waals surface area (Å²) in [7, 11) is 0. The normalized spacial score (nSPS) is 11.4. The van der Waals surface area contributed by atoms with Crippen molar-refractivity contribution in [1.82, 2.24) is 0 Å². The fraction of sp³-hybridized carbons (Fsp3) is 0.222. The van der Waals surface area contributed by atoms with Gasteiger partial charge in [-0.25, -0.2) is 0 Å². The summed E-state index contributed by atoms with van der Waals surface area (Å²) in [5, 5.41) is 16.5. The Morgan fingerprint density at radius 2 is 1.71 bits per heavy atom. The monoisotopic (exact) mass is 325 g/mol. The maximum atomic E-state index is 12.5. The summed E-state index contributed by atoms with van der Waals surface area (Å²) in [6.45, 7) is 6.25. The zero-order chi connectivity index (χ0) is 18.0. The van der Waals surface area contributed by atoms with Crippen molar-refractivity contribution in [2.75, 3.05) is 5.73 Å². The fourth-order valence-electron chi connectivity index (χ4n) is 2.66. The second-order valence-electron chi connectivity index (χ2n) is 5.61. The van der Waals surface area contributed by atoms with E-state index in [0.29, 0.717) is 38.5 Å². The molecule has 0 radical (unpaired) electrons. The molecule has 0 aliphatic rings. The molecule has 0 saturated carbocycles. The smallest absolute Gasteiger partial charge is 0.248 e. The van der Waals surface area contributed by atoms with Gasteiger partial charge in [0.1, 0.15) is 5.69 Å². The molecule has 0 bridgehead atoms. The van der Waals surface area contributed by atoms with E-state index in [2.05, 4.69) is 5.11 Å². The van der Waals surface area contributed by atoms with Crippen LogP contribution in [0.2, 0.25) is 0 Å². The van der Waals surface area contributed by atoms with Gasteiger partial charge in [-0.15, -0.1) is 0 Å². The molecule has 6 heteroatoms. The SMILES string of the molecule is CC(=O)c1cccc(N=[N+]([O-])c2ccc(N)c(C(C)=O)c2C)c1C. The second-order valence-corrected chi connectivity index (χ2v) is 5.61. The molecule has 2 rings (SSSR count). The summed E-state index contributed by atoms with van der Waals surface area (Å²) in [5.41, 5.74) is 8.71. The highest BCUT2D eigenvalue weighted by molar-refractivity contribution is 6.01. The molecular weight excluding hydrogens is 306 g/mol. The number of carbonyl (C=O) groups excluding carboxylic acids is 2. The summed E-state index contributed by atoms with van der Waals surface area (Å²) in [4.78, 5) is 23.8. The Morgan fingerprint density at radius 1 is 1.04 bits per heavy atom. The summed E-state index contributed by atoms with van der Waals surface area (Å²) in [5.74, 6) is -0.306. The Balaban J connectivity index is 2.58. The average molecular weight is 325 g/mol. The van der Waals surface area contributed by atoms with Crippen molar-refractivity contribution in [2.24, 2.45) is 5.11 Å². The van der Waals surface area contributed by atoms with Crippen molar-refractivity contribution in [2.45, 2.75) is 27.7 Å². The molecule has 0 spiro atoms. The number of nitrogen functional groups attached to an aromatic ring is 1. The number of hydrogen-bond acceptors (Lipinski definition) is 5. The lowest BCUT2D eigenvalue weighted by Crippen LogP contribution is -2.05. The molecule has 0 saturated heterocycles. The first-order chi connectivity index (χ1) is 11.2. The number of hydrogen-bond donors (Lipinski definition) is 1. The van der Waals surface area contributed by atoms with Gasteiger partial charge in [-0.1, -0.05) is 12.1 Å². The molecule has 0 aliphatic heterocycles. The average Bonchev–Trinajstić information content (AvgIpc) is 2.48. The van der Waals surface area contributed by atoms with Crippen LogP contribution in [0.1, 0.15) is 45.7 Å². The van der Waals surface area contributed by atoms with Crippen LogP contribution in [-0.4, -0.2) is 16.4 Å². The van der Waals surface area contributed by atoms with Gasteiger partial charge in [-0.05, 0) is 50.3 Å². The van der Waals surface area contributed by atoms with Crippen molar-refractivity contribution in [3.05, 3.63) is 57.8 Å². The van der Waals surface area contributed by atoms with Gasteiger partial charge in [0.25, 0.3) is 0 Å². The summed E-state index contributed by atoms with van der Waals surface area (Å²) >= 11 is 0. The first-order valence-corrected chi connectivity index (χ1v) is 7.43. The number of carbonyl (C=O) groups is 2. The van der Waals surface area contributed by atoms with Crippen LogP contribution in [0, 0.1) is 19.1 Å². The molecule has 0 fully saturated rings. The molecule has 2 aromatic rings. The van der Waals surface area contributed by atoms with Gasteiger partial charge in [0.05, 0.1) is 0 Å². The lowest BCUT2D eigenvalue weighted by molar-refractivity contribution is -0.435. The van der Waals surface area contributed by atoms with Crippen LogP contribution >= 0.6 is 0 Å². The van der Waals surface area contributed by atoms with E-state index in [1.165, 1.54) is 26.0 Å². The number of rotatable bonds is 4. The van der Waals surface area contributed by atoms with Crippen molar-refractivity contribution >= 4 is 28.6 Å². The lowest BCUT2D eigenvalue weighted by Gasteiger charge is -2.10. The predicted molar refractivity (Wildman–Crippen MR) is 92.2 cm³/mol. The zero-order valence-electron chi connectivity index (χ0n) is 14.1. The maximum absolute atomic E-state index is 12.5. The van der Waals surface area contributed by atoms with Crippen molar-refractivity contribution < 1.29 is 14.4 Å². The van der Waals surface area contributed by atoms with Crippen LogP contribution in [0.5, 0.6) is 0 Å². The Bertz CT molecular complexity index is 870. The van der Waals surface area contributed by atoms with Crippen LogP contribution in [-0.2, 0) is 0 Å². The minimum absolute atomic E-state index is 0.0930. The number of Topliss-reactive ketones (excluding diaryl/α,β-unsaturated/α-hetero) is 2. The molecule has 2 aromatic carbocycles. The van der Waals surface area contributed by atoms with E-state index in [1.54, 1.807) is 32.0 Å². The van der Waals surface area contributed by atoms with Crippen molar-refractivity contribution in [3.8, 4) is 0 Å². The zero-order valence-corrected chi connectivity index (χ0v) is 14.1. The Labute approximate surface area is 140 Å². The molecule has 6 nitrogen and oxygen atoms in total. The predicted octanol–water partition coefficient (Wildman–Crippen LogP) is 4.22. The standard InChI is InChI=1S/C18H19N3O3/c1-10-14(12(3)22)6-5-7-16(10)20-21(24)17-9-8-15(19)18(11(17)2)13(4)23/h5-9H,19H2,1-4H3. The maximum Gasteiger partial charge on any atom is 0.248 e. The first-order valence-electron chi connectivity index (χ1n) is 7.43. The summed E-state index contributed by atoms with van der Waals surface area (Å²) in [6.07, 6.45) is 0. The third kappa shape index (κ3) is 3.17. The Hall–Kier alpha value is -3.02. The van der Waals surface area contributed by atoms with Crippen molar-refractivity contribution in [1.29, 1.82) is 0 Å². The molecule has 0 amide bonds. The van der Waals surface area contributed by atoms with E-state index < -0.39 is 0 Å². The van der Waals surface area contributed by atoms with Gasteiger partial charge in [0, 0.05) is 33.6 Å². The summed E-state index contributed by atoms with van der Waals surface area (Å²) in [6, 6.07) is 8.06. The van der Waals surface area contributed by atoms with Gasteiger partial charge in [0.2, 0.25) is 5.69 Å².